The number of alkyl halides is 3. The number of halogens is 4. The molecule has 1 aliphatic heterocycles. The lowest BCUT2D eigenvalue weighted by Crippen LogP contribution is -2.54. The van der Waals surface area contributed by atoms with Gasteiger partial charge in [0.15, 0.2) is 10.8 Å². The van der Waals surface area contributed by atoms with Crippen molar-refractivity contribution in [2.45, 2.75) is 6.18 Å². The molecule has 0 unspecified atom stereocenters. The molecular formula is C28H18ClF3N4O4S. The molecule has 8 nitrogen and oxygen atoms in total. The van der Waals surface area contributed by atoms with Gasteiger partial charge in [0.25, 0.3) is 11.8 Å². The van der Waals surface area contributed by atoms with E-state index < -0.39 is 34.8 Å². The summed E-state index contributed by atoms with van der Waals surface area (Å²) in [5, 5.41) is 6.05. The lowest BCUT2D eigenvalue weighted by molar-refractivity contribution is -0.141. The number of nitrogens with zero attached hydrogens (tertiary/aromatic N) is 3. The van der Waals surface area contributed by atoms with Crippen molar-refractivity contribution < 1.29 is 32.2 Å². The van der Waals surface area contributed by atoms with Gasteiger partial charge in [0.05, 0.1) is 11.3 Å². The van der Waals surface area contributed by atoms with E-state index in [4.69, 9.17) is 33.3 Å². The van der Waals surface area contributed by atoms with E-state index in [-0.39, 0.29) is 22.4 Å². The van der Waals surface area contributed by atoms with Gasteiger partial charge in [0.1, 0.15) is 22.8 Å². The Hall–Kier alpha value is -4.68. The molecule has 0 saturated carbocycles. The maximum atomic E-state index is 14.0. The molecule has 0 bridgehead atoms. The molecule has 208 valence electrons. The number of hydrogen-bond donors (Lipinski definition) is 1. The maximum absolute atomic E-state index is 14.0. The first-order chi connectivity index (χ1) is 19.5. The van der Waals surface area contributed by atoms with Crippen LogP contribution in [-0.4, -0.2) is 26.7 Å². The number of nitrogens with one attached hydrogen (secondary N) is 1. The highest BCUT2D eigenvalue weighted by atomic mass is 35.5. The number of carbonyl (C=O) groups is 2. The Kier molecular flexibility index (Phi) is 7.52. The van der Waals surface area contributed by atoms with Crippen LogP contribution in [0.15, 0.2) is 84.4 Å². The highest BCUT2D eigenvalue weighted by molar-refractivity contribution is 7.80. The number of anilines is 1. The molecule has 1 saturated heterocycles. The SMILES string of the molecule is Cn1nc(C(F)(F)F)c(/C=C2\C(=O)NC(=S)N(c3ccc(Oc4ccccc4)cc3)C2=O)c1Oc1ccc(Cl)cc1. The Balaban J connectivity index is 1.51. The Morgan fingerprint density at radius 3 is 2.12 bits per heavy atom. The molecule has 2 amide bonds. The van der Waals surface area contributed by atoms with Crippen molar-refractivity contribution in [1.82, 2.24) is 15.1 Å². The van der Waals surface area contributed by atoms with E-state index in [0.29, 0.717) is 16.5 Å². The summed E-state index contributed by atoms with van der Waals surface area (Å²) in [4.78, 5) is 27.3. The summed E-state index contributed by atoms with van der Waals surface area (Å²) in [6, 6.07) is 21.1. The van der Waals surface area contributed by atoms with Crippen LogP contribution in [0.2, 0.25) is 5.02 Å². The number of carbonyl (C=O) groups excluding carboxylic acids is 2. The summed E-state index contributed by atoms with van der Waals surface area (Å²) in [5.74, 6) is -1.06. The van der Waals surface area contributed by atoms with Crippen molar-refractivity contribution >= 4 is 52.5 Å². The average Bonchev–Trinajstić information content (AvgIpc) is 3.24. The largest absolute Gasteiger partial charge is 0.457 e. The van der Waals surface area contributed by atoms with Crippen LogP contribution in [0, 0.1) is 0 Å². The second kappa shape index (κ2) is 11.1. The molecule has 3 aromatic carbocycles. The minimum atomic E-state index is -4.93. The Bertz CT molecular complexity index is 1670. The van der Waals surface area contributed by atoms with Gasteiger partial charge in [-0.2, -0.15) is 18.3 Å². The molecule has 1 aliphatic rings. The zero-order valence-electron chi connectivity index (χ0n) is 21.0. The van der Waals surface area contributed by atoms with Crippen molar-refractivity contribution in [3.63, 3.8) is 0 Å². The molecule has 5 rings (SSSR count). The minimum absolute atomic E-state index is 0.158. The normalized spacial score (nSPS) is 14.8. The van der Waals surface area contributed by atoms with Gasteiger partial charge in [0.2, 0.25) is 5.88 Å². The summed E-state index contributed by atoms with van der Waals surface area (Å²) in [6.45, 7) is 0. The van der Waals surface area contributed by atoms with Crippen LogP contribution in [0.4, 0.5) is 18.9 Å². The number of amides is 2. The fourth-order valence-corrected chi connectivity index (χ4v) is 4.33. The van der Waals surface area contributed by atoms with E-state index >= 15 is 0 Å². The van der Waals surface area contributed by atoms with Gasteiger partial charge in [0, 0.05) is 12.1 Å². The second-order valence-corrected chi connectivity index (χ2v) is 9.43. The highest BCUT2D eigenvalue weighted by Crippen LogP contribution is 2.39. The van der Waals surface area contributed by atoms with Crippen LogP contribution in [-0.2, 0) is 22.8 Å². The van der Waals surface area contributed by atoms with E-state index in [1.807, 2.05) is 18.2 Å². The Labute approximate surface area is 241 Å². The molecule has 1 aromatic heterocycles. The third-order valence-electron chi connectivity index (χ3n) is 5.79. The fourth-order valence-electron chi connectivity index (χ4n) is 3.92. The van der Waals surface area contributed by atoms with Gasteiger partial charge in [-0.3, -0.25) is 19.8 Å². The number of aryl methyl sites for hydroxylation is 1. The third kappa shape index (κ3) is 5.93. The van der Waals surface area contributed by atoms with E-state index in [9.17, 15) is 22.8 Å². The maximum Gasteiger partial charge on any atom is 0.435 e. The van der Waals surface area contributed by atoms with Gasteiger partial charge in [-0.1, -0.05) is 29.8 Å². The number of thiocarbonyl (C=S) groups is 1. The molecule has 41 heavy (non-hydrogen) atoms. The summed E-state index contributed by atoms with van der Waals surface area (Å²) < 4.78 is 54.2. The van der Waals surface area contributed by atoms with Crippen molar-refractivity contribution in [2.75, 3.05) is 4.90 Å². The lowest BCUT2D eigenvalue weighted by Gasteiger charge is -2.29. The second-order valence-electron chi connectivity index (χ2n) is 8.61. The van der Waals surface area contributed by atoms with Crippen molar-refractivity contribution in [2.24, 2.45) is 7.05 Å². The van der Waals surface area contributed by atoms with Gasteiger partial charge in [-0.05, 0) is 79.0 Å². The Morgan fingerprint density at radius 1 is 0.902 bits per heavy atom. The number of rotatable bonds is 6. The molecule has 1 N–H and O–H groups in total. The van der Waals surface area contributed by atoms with Crippen LogP contribution >= 0.6 is 23.8 Å². The van der Waals surface area contributed by atoms with Crippen LogP contribution in [0.5, 0.6) is 23.1 Å². The quantitative estimate of drug-likeness (QED) is 0.155. The molecule has 4 aromatic rings. The molecule has 13 heteroatoms. The van der Waals surface area contributed by atoms with Crippen molar-refractivity contribution in [1.29, 1.82) is 0 Å². The van der Waals surface area contributed by atoms with Crippen LogP contribution in [0.3, 0.4) is 0 Å². The molecule has 2 heterocycles. The van der Waals surface area contributed by atoms with Gasteiger partial charge in [-0.25, -0.2) is 4.68 Å². The summed E-state index contributed by atoms with van der Waals surface area (Å²) in [6.07, 6.45) is -4.13. The number of benzene rings is 3. The van der Waals surface area contributed by atoms with Crippen molar-refractivity contribution in [3.05, 3.63) is 101 Å². The zero-order valence-corrected chi connectivity index (χ0v) is 22.6. The predicted molar refractivity (Wildman–Crippen MR) is 149 cm³/mol. The first-order valence-corrected chi connectivity index (χ1v) is 12.6. The van der Waals surface area contributed by atoms with Gasteiger partial charge < -0.3 is 9.47 Å². The highest BCUT2D eigenvalue weighted by Gasteiger charge is 2.41. The summed E-state index contributed by atoms with van der Waals surface area (Å²) in [5.41, 5.74) is -2.32. The van der Waals surface area contributed by atoms with Crippen LogP contribution in [0.1, 0.15) is 11.3 Å². The van der Waals surface area contributed by atoms with E-state index in [1.165, 1.54) is 43.4 Å². The average molecular weight is 599 g/mol. The van der Waals surface area contributed by atoms with E-state index in [0.717, 1.165) is 15.7 Å². The van der Waals surface area contributed by atoms with Crippen LogP contribution in [0.25, 0.3) is 6.08 Å². The number of aromatic nitrogens is 2. The van der Waals surface area contributed by atoms with Crippen LogP contribution < -0.4 is 19.7 Å². The molecule has 0 spiro atoms. The molecule has 1 fully saturated rings. The number of para-hydroxylation sites is 1. The number of ether oxygens (including phenoxy) is 2. The van der Waals surface area contributed by atoms with E-state index in [1.54, 1.807) is 24.3 Å². The Morgan fingerprint density at radius 2 is 1.49 bits per heavy atom. The summed E-state index contributed by atoms with van der Waals surface area (Å²) in [7, 11) is 1.24. The predicted octanol–water partition coefficient (Wildman–Crippen LogP) is 6.51. The fraction of sp³-hybridized carbons (Fsp3) is 0.0714. The first kappa shape index (κ1) is 27.9. The topological polar surface area (TPSA) is 85.7 Å². The lowest BCUT2D eigenvalue weighted by atomic mass is 10.1. The molecular weight excluding hydrogens is 581 g/mol. The zero-order chi connectivity index (χ0) is 29.3. The monoisotopic (exact) mass is 598 g/mol. The van der Waals surface area contributed by atoms with Gasteiger partial charge in [-0.15, -0.1) is 0 Å². The molecule has 0 atom stereocenters. The molecule has 0 aliphatic carbocycles. The molecule has 0 radical (unpaired) electrons. The standard InChI is InChI=1S/C28H18ClF3N4O4S/c1-35-26(40-20-11-7-16(29)8-12-20)21(23(34-35)28(30,31)32)15-22-24(37)33-27(41)36(25(22)38)17-9-13-19(14-10-17)39-18-5-3-2-4-6-18/h2-15H,1H3,(H,33,37,41)/b22-15+. The number of hydrogen-bond acceptors (Lipinski definition) is 6. The minimum Gasteiger partial charge on any atom is -0.457 e. The smallest absolute Gasteiger partial charge is 0.435 e. The van der Waals surface area contributed by atoms with Gasteiger partial charge >= 0.3 is 6.18 Å². The van der Waals surface area contributed by atoms with E-state index in [2.05, 4.69) is 10.4 Å². The first-order valence-electron chi connectivity index (χ1n) is 11.8. The summed E-state index contributed by atoms with van der Waals surface area (Å²) >= 11 is 11.1. The van der Waals surface area contributed by atoms with Crippen molar-refractivity contribution in [3.8, 4) is 23.1 Å². The third-order valence-corrected chi connectivity index (χ3v) is 6.33.